The van der Waals surface area contributed by atoms with Crippen molar-refractivity contribution in [2.45, 2.75) is 6.92 Å². The summed E-state index contributed by atoms with van der Waals surface area (Å²) in [6.45, 7) is 1.69. The average Bonchev–Trinajstić information content (AvgIpc) is 2.08. The molecule has 1 aromatic heterocycles. The molecule has 0 bridgehead atoms. The standard InChI is InChI=1S/C9H8FN3/c1-5-2-8-6(3-7(5)10)4-12-9(11)13-8/h2-4H,1H3,(H2,11,12,13). The average molecular weight is 177 g/mol. The zero-order valence-corrected chi connectivity index (χ0v) is 7.08. The van der Waals surface area contributed by atoms with Crippen molar-refractivity contribution in [3.63, 3.8) is 0 Å². The maximum absolute atomic E-state index is 13.1. The topological polar surface area (TPSA) is 51.8 Å². The highest BCUT2D eigenvalue weighted by Gasteiger charge is 2.02. The van der Waals surface area contributed by atoms with Crippen molar-refractivity contribution in [1.82, 2.24) is 9.97 Å². The van der Waals surface area contributed by atoms with Crippen molar-refractivity contribution >= 4 is 16.9 Å². The number of hydrogen-bond acceptors (Lipinski definition) is 3. The van der Waals surface area contributed by atoms with Gasteiger partial charge in [0.2, 0.25) is 5.95 Å². The highest BCUT2D eigenvalue weighted by atomic mass is 19.1. The van der Waals surface area contributed by atoms with E-state index in [0.717, 1.165) is 0 Å². The van der Waals surface area contributed by atoms with E-state index >= 15 is 0 Å². The van der Waals surface area contributed by atoms with Gasteiger partial charge in [-0.15, -0.1) is 0 Å². The summed E-state index contributed by atoms with van der Waals surface area (Å²) in [6, 6.07) is 3.06. The van der Waals surface area contributed by atoms with E-state index in [1.54, 1.807) is 13.0 Å². The third kappa shape index (κ3) is 1.30. The molecule has 0 amide bonds. The Hall–Kier alpha value is -1.71. The van der Waals surface area contributed by atoms with Crippen molar-refractivity contribution < 1.29 is 4.39 Å². The molecule has 3 nitrogen and oxygen atoms in total. The van der Waals surface area contributed by atoms with Gasteiger partial charge in [0.25, 0.3) is 0 Å². The minimum Gasteiger partial charge on any atom is -0.368 e. The van der Waals surface area contributed by atoms with Crippen molar-refractivity contribution in [3.05, 3.63) is 29.7 Å². The normalized spacial score (nSPS) is 10.6. The third-order valence-corrected chi connectivity index (χ3v) is 1.88. The molecule has 13 heavy (non-hydrogen) atoms. The summed E-state index contributed by atoms with van der Waals surface area (Å²) in [4.78, 5) is 7.76. The van der Waals surface area contributed by atoms with Gasteiger partial charge in [-0.05, 0) is 24.6 Å². The lowest BCUT2D eigenvalue weighted by Crippen LogP contribution is -1.95. The summed E-state index contributed by atoms with van der Waals surface area (Å²) in [5.74, 6) is -0.0422. The third-order valence-electron chi connectivity index (χ3n) is 1.88. The Kier molecular flexibility index (Phi) is 1.62. The summed E-state index contributed by atoms with van der Waals surface area (Å²) in [5, 5.41) is 0.664. The van der Waals surface area contributed by atoms with Gasteiger partial charge in [-0.2, -0.15) is 0 Å². The minimum atomic E-state index is -0.249. The number of aromatic nitrogens is 2. The van der Waals surface area contributed by atoms with Crippen LogP contribution in [0.15, 0.2) is 18.3 Å². The van der Waals surface area contributed by atoms with Gasteiger partial charge >= 0.3 is 0 Å². The molecule has 0 fully saturated rings. The molecular weight excluding hydrogens is 169 g/mol. The summed E-state index contributed by atoms with van der Waals surface area (Å²) >= 11 is 0. The highest BCUT2D eigenvalue weighted by Crippen LogP contribution is 2.16. The van der Waals surface area contributed by atoms with Crippen LogP contribution in [-0.2, 0) is 0 Å². The molecule has 2 rings (SSSR count). The summed E-state index contributed by atoms with van der Waals surface area (Å²) < 4.78 is 13.1. The zero-order valence-electron chi connectivity index (χ0n) is 7.08. The van der Waals surface area contributed by atoms with Crippen LogP contribution < -0.4 is 5.73 Å². The van der Waals surface area contributed by atoms with Crippen LogP contribution in [0.1, 0.15) is 5.56 Å². The van der Waals surface area contributed by atoms with Gasteiger partial charge in [-0.25, -0.2) is 14.4 Å². The number of anilines is 1. The van der Waals surface area contributed by atoms with E-state index in [2.05, 4.69) is 9.97 Å². The number of hydrogen-bond donors (Lipinski definition) is 1. The van der Waals surface area contributed by atoms with E-state index in [9.17, 15) is 4.39 Å². The number of nitrogens with zero attached hydrogens (tertiary/aromatic N) is 2. The van der Waals surface area contributed by atoms with Gasteiger partial charge in [-0.3, -0.25) is 0 Å². The molecule has 2 aromatic rings. The summed E-state index contributed by atoms with van der Waals surface area (Å²) in [5.41, 5.74) is 6.63. The van der Waals surface area contributed by atoms with Gasteiger partial charge < -0.3 is 5.73 Å². The molecule has 0 aliphatic heterocycles. The fourth-order valence-electron chi connectivity index (χ4n) is 1.17. The second-order valence-corrected chi connectivity index (χ2v) is 2.89. The molecule has 0 unspecified atom stereocenters. The molecule has 0 spiro atoms. The van der Waals surface area contributed by atoms with E-state index in [1.807, 2.05) is 0 Å². The van der Waals surface area contributed by atoms with Gasteiger partial charge in [0.1, 0.15) is 5.82 Å². The van der Waals surface area contributed by atoms with Crippen LogP contribution in [0.3, 0.4) is 0 Å². The first-order valence-electron chi connectivity index (χ1n) is 3.85. The van der Waals surface area contributed by atoms with Crippen molar-refractivity contribution in [2.75, 3.05) is 5.73 Å². The maximum atomic E-state index is 13.1. The summed E-state index contributed by atoms with van der Waals surface area (Å²) in [6.07, 6.45) is 1.51. The van der Waals surface area contributed by atoms with Crippen molar-refractivity contribution in [2.24, 2.45) is 0 Å². The van der Waals surface area contributed by atoms with E-state index in [1.165, 1.54) is 12.3 Å². The number of rotatable bonds is 0. The molecule has 0 atom stereocenters. The maximum Gasteiger partial charge on any atom is 0.220 e. The molecule has 1 heterocycles. The zero-order chi connectivity index (χ0) is 9.42. The molecule has 0 radical (unpaired) electrons. The molecule has 4 heteroatoms. The predicted molar refractivity (Wildman–Crippen MR) is 48.6 cm³/mol. The summed E-state index contributed by atoms with van der Waals surface area (Å²) in [7, 11) is 0. The van der Waals surface area contributed by atoms with Crippen LogP contribution in [0.5, 0.6) is 0 Å². The van der Waals surface area contributed by atoms with Crippen LogP contribution in [0.2, 0.25) is 0 Å². The van der Waals surface area contributed by atoms with E-state index < -0.39 is 0 Å². The molecule has 66 valence electrons. The number of benzene rings is 1. The number of aryl methyl sites for hydroxylation is 1. The monoisotopic (exact) mass is 177 g/mol. The molecular formula is C9H8FN3. The Labute approximate surface area is 74.4 Å². The lowest BCUT2D eigenvalue weighted by Gasteiger charge is -2.00. The molecule has 0 saturated heterocycles. The Balaban J connectivity index is 2.81. The molecule has 0 aliphatic carbocycles. The predicted octanol–water partition coefficient (Wildman–Crippen LogP) is 1.66. The molecule has 2 N–H and O–H groups in total. The van der Waals surface area contributed by atoms with E-state index in [-0.39, 0.29) is 11.8 Å². The second-order valence-electron chi connectivity index (χ2n) is 2.89. The number of fused-ring (bicyclic) bond motifs is 1. The lowest BCUT2D eigenvalue weighted by molar-refractivity contribution is 0.620. The van der Waals surface area contributed by atoms with Crippen LogP contribution in [0, 0.1) is 12.7 Å². The first-order chi connectivity index (χ1) is 6.16. The highest BCUT2D eigenvalue weighted by molar-refractivity contribution is 5.79. The second kappa shape index (κ2) is 2.65. The fourth-order valence-corrected chi connectivity index (χ4v) is 1.17. The van der Waals surface area contributed by atoms with Crippen LogP contribution in [0.4, 0.5) is 10.3 Å². The Morgan fingerprint density at radius 2 is 2.15 bits per heavy atom. The molecule has 0 saturated carbocycles. The minimum absolute atomic E-state index is 0.207. The van der Waals surface area contributed by atoms with Gasteiger partial charge in [-0.1, -0.05) is 0 Å². The Bertz CT molecular complexity index is 468. The first kappa shape index (κ1) is 7.91. The number of nitrogens with two attached hydrogens (primary N) is 1. The van der Waals surface area contributed by atoms with Crippen LogP contribution >= 0.6 is 0 Å². The van der Waals surface area contributed by atoms with Crippen LogP contribution in [-0.4, -0.2) is 9.97 Å². The molecule has 0 aliphatic rings. The Morgan fingerprint density at radius 1 is 1.38 bits per heavy atom. The van der Waals surface area contributed by atoms with Gasteiger partial charge in [0.05, 0.1) is 5.52 Å². The number of halogens is 1. The molecule has 1 aromatic carbocycles. The van der Waals surface area contributed by atoms with Crippen molar-refractivity contribution in [3.8, 4) is 0 Å². The first-order valence-corrected chi connectivity index (χ1v) is 3.85. The van der Waals surface area contributed by atoms with E-state index in [0.29, 0.717) is 16.5 Å². The SMILES string of the molecule is Cc1cc2nc(N)ncc2cc1F. The van der Waals surface area contributed by atoms with Gasteiger partial charge in [0, 0.05) is 11.6 Å². The van der Waals surface area contributed by atoms with Crippen LogP contribution in [0.25, 0.3) is 10.9 Å². The number of nitrogen functional groups attached to an aromatic ring is 1. The quantitative estimate of drug-likeness (QED) is 0.665. The lowest BCUT2D eigenvalue weighted by atomic mass is 10.1. The van der Waals surface area contributed by atoms with Crippen molar-refractivity contribution in [1.29, 1.82) is 0 Å². The van der Waals surface area contributed by atoms with Gasteiger partial charge in [0.15, 0.2) is 0 Å². The Morgan fingerprint density at radius 3 is 2.92 bits per heavy atom. The largest absolute Gasteiger partial charge is 0.368 e. The smallest absolute Gasteiger partial charge is 0.220 e. The fraction of sp³-hybridized carbons (Fsp3) is 0.111. The van der Waals surface area contributed by atoms with E-state index in [4.69, 9.17) is 5.73 Å².